The van der Waals surface area contributed by atoms with Crippen molar-refractivity contribution in [2.45, 2.75) is 32.2 Å². The quantitative estimate of drug-likeness (QED) is 0.824. The molecule has 1 aliphatic rings. The Morgan fingerprint density at radius 3 is 2.71 bits per heavy atom. The predicted octanol–water partition coefficient (Wildman–Crippen LogP) is 2.89. The molecule has 3 nitrogen and oxygen atoms in total. The summed E-state index contributed by atoms with van der Waals surface area (Å²) in [7, 11) is 1.66. The molecule has 0 saturated heterocycles. The molecule has 0 amide bonds. The Hall–Kier alpha value is -1.22. The fraction of sp³-hybridized carbons (Fsp3) is 0.571. The van der Waals surface area contributed by atoms with Crippen LogP contribution in [0.2, 0.25) is 0 Å². The van der Waals surface area contributed by atoms with Crippen LogP contribution in [0.15, 0.2) is 18.2 Å². The van der Waals surface area contributed by atoms with E-state index in [0.717, 1.165) is 36.0 Å². The Bertz CT molecular complexity index is 372. The number of hydrogen-bond donors (Lipinski definition) is 1. The van der Waals surface area contributed by atoms with Crippen LogP contribution in [0.4, 0.5) is 0 Å². The van der Waals surface area contributed by atoms with Crippen molar-refractivity contribution in [3.63, 3.8) is 0 Å². The minimum absolute atomic E-state index is 0.0180. The molecule has 17 heavy (non-hydrogen) atoms. The van der Waals surface area contributed by atoms with Gasteiger partial charge in [0.2, 0.25) is 0 Å². The molecule has 1 aromatic carbocycles. The molecule has 1 fully saturated rings. The SMILES string of the molecule is COc1cc([C@H](C)N)ccc1OCCC1CC1. The molecule has 0 heterocycles. The standard InChI is InChI=1S/C14H21NO2/c1-10(15)12-5-6-13(14(9-12)16-2)17-8-7-11-3-4-11/h5-6,9-11H,3-4,7-8,15H2,1-2H3/t10-/m0/s1. The lowest BCUT2D eigenvalue weighted by molar-refractivity contribution is 0.282. The summed E-state index contributed by atoms with van der Waals surface area (Å²) in [6.45, 7) is 2.74. The zero-order valence-corrected chi connectivity index (χ0v) is 10.6. The lowest BCUT2D eigenvalue weighted by atomic mass is 10.1. The highest BCUT2D eigenvalue weighted by atomic mass is 16.5. The van der Waals surface area contributed by atoms with E-state index < -0.39 is 0 Å². The number of ether oxygens (including phenoxy) is 2. The monoisotopic (exact) mass is 235 g/mol. The Kier molecular flexibility index (Phi) is 3.89. The van der Waals surface area contributed by atoms with Gasteiger partial charge in [-0.15, -0.1) is 0 Å². The van der Waals surface area contributed by atoms with E-state index in [1.165, 1.54) is 12.8 Å². The topological polar surface area (TPSA) is 44.5 Å². The van der Waals surface area contributed by atoms with Crippen molar-refractivity contribution < 1.29 is 9.47 Å². The van der Waals surface area contributed by atoms with Gasteiger partial charge in [-0.1, -0.05) is 18.9 Å². The van der Waals surface area contributed by atoms with Gasteiger partial charge in [0.05, 0.1) is 13.7 Å². The smallest absolute Gasteiger partial charge is 0.161 e. The normalized spacial score (nSPS) is 16.6. The number of hydrogen-bond acceptors (Lipinski definition) is 3. The van der Waals surface area contributed by atoms with Gasteiger partial charge in [-0.05, 0) is 37.0 Å². The van der Waals surface area contributed by atoms with E-state index in [2.05, 4.69) is 0 Å². The second-order valence-corrected chi connectivity index (χ2v) is 4.78. The molecule has 94 valence electrons. The number of benzene rings is 1. The molecule has 1 aromatic rings. The van der Waals surface area contributed by atoms with E-state index in [1.807, 2.05) is 25.1 Å². The van der Waals surface area contributed by atoms with Gasteiger partial charge in [0, 0.05) is 6.04 Å². The largest absolute Gasteiger partial charge is 0.493 e. The molecule has 1 aliphatic carbocycles. The maximum atomic E-state index is 5.84. The Morgan fingerprint density at radius 1 is 1.35 bits per heavy atom. The van der Waals surface area contributed by atoms with Crippen molar-refractivity contribution in [1.82, 2.24) is 0 Å². The molecule has 0 unspecified atom stereocenters. The van der Waals surface area contributed by atoms with Crippen LogP contribution in [0, 0.1) is 5.92 Å². The fourth-order valence-corrected chi connectivity index (χ4v) is 1.83. The third-order valence-electron chi connectivity index (χ3n) is 3.19. The zero-order valence-electron chi connectivity index (χ0n) is 10.6. The van der Waals surface area contributed by atoms with Gasteiger partial charge in [-0.3, -0.25) is 0 Å². The fourth-order valence-electron chi connectivity index (χ4n) is 1.83. The van der Waals surface area contributed by atoms with Crippen LogP contribution in [0.1, 0.15) is 37.8 Å². The lowest BCUT2D eigenvalue weighted by Crippen LogP contribution is -2.06. The first-order valence-corrected chi connectivity index (χ1v) is 6.27. The van der Waals surface area contributed by atoms with Crippen LogP contribution in [-0.2, 0) is 0 Å². The maximum Gasteiger partial charge on any atom is 0.161 e. The van der Waals surface area contributed by atoms with E-state index in [9.17, 15) is 0 Å². The first-order valence-electron chi connectivity index (χ1n) is 6.27. The summed E-state index contributed by atoms with van der Waals surface area (Å²) >= 11 is 0. The molecule has 0 bridgehead atoms. The third kappa shape index (κ3) is 3.37. The molecule has 1 atom stereocenters. The second kappa shape index (κ2) is 5.41. The highest BCUT2D eigenvalue weighted by Crippen LogP contribution is 2.34. The number of nitrogens with two attached hydrogens (primary N) is 1. The molecule has 2 rings (SSSR count). The first kappa shape index (κ1) is 12.2. The van der Waals surface area contributed by atoms with Crippen LogP contribution >= 0.6 is 0 Å². The summed E-state index contributed by atoms with van der Waals surface area (Å²) in [5, 5.41) is 0. The van der Waals surface area contributed by atoms with Gasteiger partial charge in [0.1, 0.15) is 0 Å². The summed E-state index contributed by atoms with van der Waals surface area (Å²) in [5.41, 5.74) is 6.91. The number of methoxy groups -OCH3 is 1. The van der Waals surface area contributed by atoms with Gasteiger partial charge in [0.25, 0.3) is 0 Å². The van der Waals surface area contributed by atoms with Crippen molar-refractivity contribution in [2.75, 3.05) is 13.7 Å². The van der Waals surface area contributed by atoms with Crippen LogP contribution < -0.4 is 15.2 Å². The zero-order chi connectivity index (χ0) is 12.3. The first-order chi connectivity index (χ1) is 8.20. The molecule has 3 heteroatoms. The van der Waals surface area contributed by atoms with E-state index >= 15 is 0 Å². The minimum Gasteiger partial charge on any atom is -0.493 e. The van der Waals surface area contributed by atoms with Crippen LogP contribution in [0.25, 0.3) is 0 Å². The molecule has 0 radical (unpaired) electrons. The molecule has 2 N–H and O–H groups in total. The molecule has 0 spiro atoms. The van der Waals surface area contributed by atoms with Crippen molar-refractivity contribution in [3.05, 3.63) is 23.8 Å². The highest BCUT2D eigenvalue weighted by molar-refractivity contribution is 5.43. The predicted molar refractivity (Wildman–Crippen MR) is 68.4 cm³/mol. The Morgan fingerprint density at radius 2 is 2.12 bits per heavy atom. The summed E-state index contributed by atoms with van der Waals surface area (Å²) in [6.07, 6.45) is 3.88. The molecule has 0 aromatic heterocycles. The molecular formula is C14H21NO2. The summed E-state index contributed by atoms with van der Waals surface area (Å²) in [5.74, 6) is 2.48. The van der Waals surface area contributed by atoms with E-state index in [-0.39, 0.29) is 6.04 Å². The van der Waals surface area contributed by atoms with Gasteiger partial charge >= 0.3 is 0 Å². The van der Waals surface area contributed by atoms with E-state index in [1.54, 1.807) is 7.11 Å². The van der Waals surface area contributed by atoms with Crippen LogP contribution in [0.5, 0.6) is 11.5 Å². The van der Waals surface area contributed by atoms with Crippen LogP contribution in [0.3, 0.4) is 0 Å². The van der Waals surface area contributed by atoms with Crippen molar-refractivity contribution in [1.29, 1.82) is 0 Å². The van der Waals surface area contributed by atoms with Gasteiger partial charge in [-0.2, -0.15) is 0 Å². The van der Waals surface area contributed by atoms with Crippen molar-refractivity contribution >= 4 is 0 Å². The van der Waals surface area contributed by atoms with Crippen molar-refractivity contribution in [3.8, 4) is 11.5 Å². The lowest BCUT2D eigenvalue weighted by Gasteiger charge is -2.13. The molecular weight excluding hydrogens is 214 g/mol. The average molecular weight is 235 g/mol. The van der Waals surface area contributed by atoms with E-state index in [0.29, 0.717) is 0 Å². The Balaban J connectivity index is 1.98. The van der Waals surface area contributed by atoms with Gasteiger partial charge < -0.3 is 15.2 Å². The molecule has 0 aliphatic heterocycles. The Labute approximate surface area is 103 Å². The summed E-state index contributed by atoms with van der Waals surface area (Å²) in [4.78, 5) is 0. The maximum absolute atomic E-state index is 5.84. The molecule has 1 saturated carbocycles. The second-order valence-electron chi connectivity index (χ2n) is 4.78. The highest BCUT2D eigenvalue weighted by Gasteiger charge is 2.21. The minimum atomic E-state index is 0.0180. The van der Waals surface area contributed by atoms with Crippen LogP contribution in [-0.4, -0.2) is 13.7 Å². The van der Waals surface area contributed by atoms with Gasteiger partial charge in [-0.25, -0.2) is 0 Å². The van der Waals surface area contributed by atoms with Gasteiger partial charge in [0.15, 0.2) is 11.5 Å². The van der Waals surface area contributed by atoms with E-state index in [4.69, 9.17) is 15.2 Å². The average Bonchev–Trinajstić information content (AvgIpc) is 3.13. The summed E-state index contributed by atoms with van der Waals surface area (Å²) in [6, 6.07) is 5.92. The third-order valence-corrected chi connectivity index (χ3v) is 3.19. The van der Waals surface area contributed by atoms with Crippen molar-refractivity contribution in [2.24, 2.45) is 11.7 Å². The summed E-state index contributed by atoms with van der Waals surface area (Å²) < 4.78 is 11.1. The number of rotatable bonds is 6.